The lowest BCUT2D eigenvalue weighted by Crippen LogP contribution is -2.66. The molecule has 0 spiro atoms. The number of hydrogen-bond acceptors (Lipinski definition) is 10. The highest BCUT2D eigenvalue weighted by Crippen LogP contribution is 2.50. The molecular formula is C10H24O16P4. The fraction of sp³-hybridized carbons (Fsp3) is 1.00. The molecule has 0 bridgehead atoms. The van der Waals surface area contributed by atoms with Crippen molar-refractivity contribution in [2.24, 2.45) is 0 Å². The van der Waals surface area contributed by atoms with Gasteiger partial charge < -0.3 is 47.9 Å². The monoisotopic (exact) mass is 524 g/mol. The van der Waals surface area contributed by atoms with Crippen molar-refractivity contribution in [3.63, 3.8) is 0 Å². The van der Waals surface area contributed by atoms with E-state index in [0.717, 1.165) is 0 Å². The van der Waals surface area contributed by atoms with Gasteiger partial charge in [0.15, 0.2) is 0 Å². The maximum absolute atomic E-state index is 11.5. The van der Waals surface area contributed by atoms with E-state index in [1.807, 2.05) is 0 Å². The van der Waals surface area contributed by atoms with Gasteiger partial charge in [-0.15, -0.1) is 0 Å². The molecule has 0 aromatic rings. The minimum absolute atomic E-state index is 0.207. The van der Waals surface area contributed by atoms with E-state index in [9.17, 15) is 47.6 Å². The van der Waals surface area contributed by atoms with Gasteiger partial charge in [-0.25, -0.2) is 9.13 Å². The third kappa shape index (κ3) is 9.13. The first-order valence-electron chi connectivity index (χ1n) is 8.20. The molecule has 0 aromatic heterocycles. The van der Waals surface area contributed by atoms with Gasteiger partial charge >= 0.3 is 32.2 Å². The van der Waals surface area contributed by atoms with Gasteiger partial charge in [0.2, 0.25) is 0 Å². The highest BCUT2D eigenvalue weighted by Gasteiger charge is 2.58. The van der Waals surface area contributed by atoms with Crippen molar-refractivity contribution in [2.45, 2.75) is 50.5 Å². The Bertz CT molecular complexity index is 632. The van der Waals surface area contributed by atoms with Gasteiger partial charge in [0.05, 0.1) is 0 Å². The summed E-state index contributed by atoms with van der Waals surface area (Å²) >= 11 is 0. The van der Waals surface area contributed by atoms with Crippen molar-refractivity contribution in [3.8, 4) is 0 Å². The molecule has 1 rings (SSSR count). The SMILES string of the molecule is CCO[C@@H]1[C@H](O[PH](=O)O)[C@@H](O[PH](=O)O)[C@H](OCC)[C@@H](OP(=O)(O)O)[C@@H]1OP(=O)(O)O. The standard InChI is InChI=1S/C10H24O16P4/c1-3-21-5-7(23-27(11)12)8(24-28(13)14)6(22-4-2)10(26-30(18,19)20)9(5)25-29(15,16)17/h5-10,27-28H,3-4H2,1-2H3,(H,11,12)(H,13,14)(H2,15,16,17)(H2,18,19,20)/t5-,6+,7-,8-,9+,10+/m0/s1. The second-order valence-corrected chi connectivity index (χ2v) is 9.58. The zero-order chi connectivity index (χ0) is 23.3. The molecule has 0 radical (unpaired) electrons. The van der Waals surface area contributed by atoms with Gasteiger partial charge in [-0.2, -0.15) is 0 Å². The molecule has 0 aliphatic heterocycles. The molecular weight excluding hydrogens is 500 g/mol. The van der Waals surface area contributed by atoms with Gasteiger partial charge in [-0.3, -0.25) is 18.2 Å². The zero-order valence-electron chi connectivity index (χ0n) is 15.5. The molecule has 6 N–H and O–H groups in total. The fourth-order valence-corrected chi connectivity index (χ4v) is 5.06. The molecule has 20 heteroatoms. The Balaban J connectivity index is 3.64. The molecule has 1 aliphatic rings. The van der Waals surface area contributed by atoms with Crippen LogP contribution in [0.25, 0.3) is 0 Å². The Morgan fingerprint density at radius 2 is 0.967 bits per heavy atom. The first-order valence-corrected chi connectivity index (χ1v) is 13.8. The van der Waals surface area contributed by atoms with Crippen LogP contribution < -0.4 is 0 Å². The first kappa shape index (κ1) is 28.5. The summed E-state index contributed by atoms with van der Waals surface area (Å²) in [4.78, 5) is 55.4. The summed E-state index contributed by atoms with van der Waals surface area (Å²) in [5.41, 5.74) is 0. The second-order valence-electron chi connectivity index (χ2n) is 5.66. The molecule has 0 amide bonds. The number of rotatable bonds is 12. The predicted octanol–water partition coefficient (Wildman–Crippen LogP) is -0.700. The normalized spacial score (nSPS) is 32.7. The van der Waals surface area contributed by atoms with E-state index in [2.05, 4.69) is 9.05 Å². The van der Waals surface area contributed by atoms with Crippen molar-refractivity contribution in [1.29, 1.82) is 0 Å². The van der Waals surface area contributed by atoms with Crippen LogP contribution in [0.15, 0.2) is 0 Å². The Kier molecular flexibility index (Phi) is 11.4. The van der Waals surface area contributed by atoms with Crippen LogP contribution in [0.3, 0.4) is 0 Å². The van der Waals surface area contributed by atoms with E-state index in [1.54, 1.807) is 0 Å². The largest absolute Gasteiger partial charge is 0.470 e. The molecule has 1 saturated carbocycles. The van der Waals surface area contributed by atoms with Gasteiger partial charge in [-0.05, 0) is 13.8 Å². The van der Waals surface area contributed by atoms with Crippen molar-refractivity contribution in [1.82, 2.24) is 0 Å². The Labute approximate surface area is 171 Å². The van der Waals surface area contributed by atoms with Crippen LogP contribution in [-0.2, 0) is 45.8 Å². The molecule has 8 atom stereocenters. The van der Waals surface area contributed by atoms with Gasteiger partial charge in [-0.1, -0.05) is 0 Å². The van der Waals surface area contributed by atoms with Crippen LogP contribution >= 0.6 is 32.2 Å². The molecule has 1 aliphatic carbocycles. The van der Waals surface area contributed by atoms with E-state index in [4.69, 9.17) is 18.5 Å². The third-order valence-corrected chi connectivity index (χ3v) is 5.64. The van der Waals surface area contributed by atoms with Crippen LogP contribution in [0, 0.1) is 0 Å². The molecule has 0 aromatic carbocycles. The highest BCUT2D eigenvalue weighted by molar-refractivity contribution is 7.46. The average Bonchev–Trinajstić information content (AvgIpc) is 2.54. The van der Waals surface area contributed by atoms with Crippen molar-refractivity contribution >= 4 is 32.2 Å². The lowest BCUT2D eigenvalue weighted by molar-refractivity contribution is -0.226. The van der Waals surface area contributed by atoms with Gasteiger partial charge in [0.1, 0.15) is 36.6 Å². The third-order valence-electron chi connectivity index (χ3n) is 3.65. The minimum Gasteiger partial charge on any atom is -0.373 e. The van der Waals surface area contributed by atoms with Crippen LogP contribution in [0.5, 0.6) is 0 Å². The number of phosphoric ester groups is 2. The maximum Gasteiger partial charge on any atom is 0.470 e. The summed E-state index contributed by atoms with van der Waals surface area (Å²) in [5.74, 6) is 0. The van der Waals surface area contributed by atoms with Crippen LogP contribution in [0.4, 0.5) is 0 Å². The summed E-state index contributed by atoms with van der Waals surface area (Å²) in [6.07, 6.45) is -11.1. The molecule has 16 nitrogen and oxygen atoms in total. The van der Waals surface area contributed by atoms with E-state index in [-0.39, 0.29) is 13.2 Å². The summed E-state index contributed by atoms with van der Waals surface area (Å²) in [6, 6.07) is 0. The van der Waals surface area contributed by atoms with E-state index < -0.39 is 68.8 Å². The predicted molar refractivity (Wildman–Crippen MR) is 96.8 cm³/mol. The number of ether oxygens (including phenoxy) is 2. The van der Waals surface area contributed by atoms with Crippen LogP contribution in [0.1, 0.15) is 13.8 Å². The smallest absolute Gasteiger partial charge is 0.373 e. The van der Waals surface area contributed by atoms with Crippen LogP contribution in [0.2, 0.25) is 0 Å². The quantitative estimate of drug-likeness (QED) is 0.173. The number of hydrogen-bond donors (Lipinski definition) is 6. The zero-order valence-corrected chi connectivity index (χ0v) is 19.3. The minimum atomic E-state index is -5.35. The van der Waals surface area contributed by atoms with Gasteiger partial charge in [0, 0.05) is 13.2 Å². The summed E-state index contributed by atoms with van der Waals surface area (Å²) in [6.45, 7) is 2.40. The Hall–Kier alpha value is 0.440. The highest BCUT2D eigenvalue weighted by atomic mass is 31.2. The Morgan fingerprint density at radius 3 is 1.17 bits per heavy atom. The molecule has 180 valence electrons. The Morgan fingerprint density at radius 1 is 0.667 bits per heavy atom. The average molecular weight is 524 g/mol. The second kappa shape index (κ2) is 12.1. The number of phosphoric acid groups is 2. The molecule has 1 fully saturated rings. The summed E-state index contributed by atoms with van der Waals surface area (Å²) < 4.78 is 75.0. The van der Waals surface area contributed by atoms with E-state index in [1.165, 1.54) is 13.8 Å². The van der Waals surface area contributed by atoms with Crippen molar-refractivity contribution in [2.75, 3.05) is 13.2 Å². The molecule has 30 heavy (non-hydrogen) atoms. The summed E-state index contributed by atoms with van der Waals surface area (Å²) in [7, 11) is -18.3. The lowest BCUT2D eigenvalue weighted by Gasteiger charge is -2.48. The molecule has 0 saturated heterocycles. The van der Waals surface area contributed by atoms with E-state index >= 15 is 0 Å². The fourth-order valence-electron chi connectivity index (χ4n) is 2.94. The van der Waals surface area contributed by atoms with Crippen molar-refractivity contribution < 1.29 is 75.2 Å². The molecule has 0 heterocycles. The lowest BCUT2D eigenvalue weighted by atomic mass is 9.84. The topological polar surface area (TPSA) is 245 Å². The van der Waals surface area contributed by atoms with Crippen LogP contribution in [-0.4, -0.2) is 79.2 Å². The molecule has 2 unspecified atom stereocenters. The van der Waals surface area contributed by atoms with E-state index in [0.29, 0.717) is 0 Å². The van der Waals surface area contributed by atoms with Gasteiger partial charge in [0.25, 0.3) is 0 Å². The first-order chi connectivity index (χ1) is 13.7. The summed E-state index contributed by atoms with van der Waals surface area (Å²) in [5, 5.41) is 0. The maximum atomic E-state index is 11.5. The van der Waals surface area contributed by atoms with Crippen molar-refractivity contribution in [3.05, 3.63) is 0 Å².